The minimum atomic E-state index is -0.0928. The Morgan fingerprint density at radius 3 is 2.48 bits per heavy atom. The molecule has 0 atom stereocenters. The molecule has 0 unspecified atom stereocenters. The molecule has 3 aromatic carbocycles. The number of hydrogen-bond donors (Lipinski definition) is 1. The number of benzene rings is 3. The largest absolute Gasteiger partial charge is 0.325 e. The van der Waals surface area contributed by atoms with Crippen LogP contribution in [0.5, 0.6) is 0 Å². The first kappa shape index (κ1) is 19.3. The van der Waals surface area contributed by atoms with Crippen molar-refractivity contribution in [3.8, 4) is 11.4 Å². The number of hydrogen-bond acceptors (Lipinski definition) is 5. The Labute approximate surface area is 183 Å². The van der Waals surface area contributed by atoms with Crippen molar-refractivity contribution in [2.45, 2.75) is 11.9 Å². The molecule has 1 amide bonds. The van der Waals surface area contributed by atoms with Gasteiger partial charge in [-0.15, -0.1) is 10.2 Å². The molecule has 31 heavy (non-hydrogen) atoms. The van der Waals surface area contributed by atoms with Gasteiger partial charge < -0.3 is 5.32 Å². The second-order valence-electron chi connectivity index (χ2n) is 7.16. The van der Waals surface area contributed by atoms with Crippen LogP contribution in [0.4, 0.5) is 5.69 Å². The number of nitrogens with one attached hydrogen (secondary N) is 1. The fourth-order valence-corrected chi connectivity index (χ4v) is 4.16. The Balaban J connectivity index is 1.49. The van der Waals surface area contributed by atoms with Crippen LogP contribution in [-0.4, -0.2) is 31.2 Å². The molecule has 1 N–H and O–H groups in total. The quantitative estimate of drug-likeness (QED) is 0.402. The Kier molecular flexibility index (Phi) is 5.09. The molecule has 5 rings (SSSR count). The van der Waals surface area contributed by atoms with E-state index in [9.17, 15) is 4.79 Å². The Hall–Kier alpha value is -3.71. The highest BCUT2D eigenvalue weighted by Crippen LogP contribution is 2.29. The summed E-state index contributed by atoms with van der Waals surface area (Å²) < 4.78 is 2.01. The molecule has 2 aromatic heterocycles. The Bertz CT molecular complexity index is 1380. The summed E-state index contributed by atoms with van der Waals surface area (Å²) in [7, 11) is 0. The van der Waals surface area contributed by atoms with Crippen LogP contribution in [0, 0.1) is 6.92 Å². The minimum absolute atomic E-state index is 0.0928. The summed E-state index contributed by atoms with van der Waals surface area (Å²) in [5.74, 6) is 0.882. The zero-order chi connectivity index (χ0) is 21.2. The van der Waals surface area contributed by atoms with Gasteiger partial charge in [0, 0.05) is 11.3 Å². The zero-order valence-corrected chi connectivity index (χ0v) is 17.6. The molecule has 0 fully saturated rings. The van der Waals surface area contributed by atoms with Crippen molar-refractivity contribution in [3.63, 3.8) is 0 Å². The van der Waals surface area contributed by atoms with E-state index in [0.717, 1.165) is 33.7 Å². The molecule has 0 saturated heterocycles. The molecule has 5 aromatic rings. The third-order valence-electron chi connectivity index (χ3n) is 4.91. The zero-order valence-electron chi connectivity index (χ0n) is 16.8. The van der Waals surface area contributed by atoms with Gasteiger partial charge in [-0.2, -0.15) is 0 Å². The van der Waals surface area contributed by atoms with Gasteiger partial charge in [-0.25, -0.2) is 4.98 Å². The number of anilines is 1. The summed E-state index contributed by atoms with van der Waals surface area (Å²) in [5, 5.41) is 12.5. The minimum Gasteiger partial charge on any atom is -0.325 e. The smallest absolute Gasteiger partial charge is 0.234 e. The first-order chi connectivity index (χ1) is 15.2. The molecule has 0 radical (unpaired) electrons. The van der Waals surface area contributed by atoms with Gasteiger partial charge in [0.05, 0.1) is 16.8 Å². The van der Waals surface area contributed by atoms with E-state index in [1.165, 1.54) is 11.8 Å². The molecule has 6 nitrogen and oxygen atoms in total. The number of nitrogens with zero attached hydrogens (tertiary/aromatic N) is 4. The molecular formula is C24H19N5OS. The van der Waals surface area contributed by atoms with Crippen molar-refractivity contribution in [2.24, 2.45) is 0 Å². The number of rotatable bonds is 5. The summed E-state index contributed by atoms with van der Waals surface area (Å²) in [6.07, 6.45) is 0. The number of carbonyl (C=O) groups excluding carboxylic acids is 1. The van der Waals surface area contributed by atoms with E-state index in [0.29, 0.717) is 10.7 Å². The lowest BCUT2D eigenvalue weighted by Gasteiger charge is -2.09. The van der Waals surface area contributed by atoms with Crippen molar-refractivity contribution in [2.75, 3.05) is 11.1 Å². The predicted molar refractivity (Wildman–Crippen MR) is 124 cm³/mol. The maximum Gasteiger partial charge on any atom is 0.234 e. The van der Waals surface area contributed by atoms with Gasteiger partial charge in [0.15, 0.2) is 11.5 Å². The predicted octanol–water partition coefficient (Wildman–Crippen LogP) is 4.98. The highest BCUT2D eigenvalue weighted by atomic mass is 32.2. The average molecular weight is 426 g/mol. The van der Waals surface area contributed by atoms with Gasteiger partial charge in [-0.3, -0.25) is 9.20 Å². The normalized spacial score (nSPS) is 11.1. The molecule has 7 heteroatoms. The lowest BCUT2D eigenvalue weighted by molar-refractivity contribution is -0.113. The van der Waals surface area contributed by atoms with Crippen molar-refractivity contribution in [1.29, 1.82) is 0 Å². The fraction of sp³-hybridized carbons (Fsp3) is 0.0833. The first-order valence-corrected chi connectivity index (χ1v) is 10.9. The highest BCUT2D eigenvalue weighted by molar-refractivity contribution is 8.00. The van der Waals surface area contributed by atoms with Gasteiger partial charge in [0.2, 0.25) is 5.91 Å². The molecule has 2 heterocycles. The van der Waals surface area contributed by atoms with Crippen LogP contribution < -0.4 is 5.32 Å². The molecule has 0 saturated carbocycles. The third-order valence-corrected chi connectivity index (χ3v) is 5.86. The average Bonchev–Trinajstić information content (AvgIpc) is 3.25. The molecule has 0 aliphatic rings. The van der Waals surface area contributed by atoms with Crippen LogP contribution in [0.3, 0.4) is 0 Å². The number of amides is 1. The van der Waals surface area contributed by atoms with E-state index in [1.54, 1.807) is 0 Å². The Morgan fingerprint density at radius 1 is 0.935 bits per heavy atom. The lowest BCUT2D eigenvalue weighted by atomic mass is 10.2. The lowest BCUT2D eigenvalue weighted by Crippen LogP contribution is -2.14. The summed E-state index contributed by atoms with van der Waals surface area (Å²) in [4.78, 5) is 17.3. The van der Waals surface area contributed by atoms with Crippen LogP contribution in [0.2, 0.25) is 0 Å². The van der Waals surface area contributed by atoms with Gasteiger partial charge in [0.25, 0.3) is 0 Å². The number of thioether (sulfide) groups is 1. The van der Waals surface area contributed by atoms with Crippen molar-refractivity contribution >= 4 is 40.0 Å². The standard InChI is InChI=1S/C24H19N5OS/c1-16-11-13-18(14-12-16)25-21(30)15-31-24-23-28-27-22(17-7-3-2-4-8-17)29(23)20-10-6-5-9-19(20)26-24/h2-14H,15H2,1H3,(H,25,30). The molecular weight excluding hydrogens is 406 g/mol. The van der Waals surface area contributed by atoms with Crippen LogP contribution >= 0.6 is 11.8 Å². The fourth-order valence-electron chi connectivity index (χ4n) is 3.40. The van der Waals surface area contributed by atoms with Gasteiger partial charge in [-0.05, 0) is 31.2 Å². The van der Waals surface area contributed by atoms with Crippen molar-refractivity contribution in [3.05, 3.63) is 84.4 Å². The van der Waals surface area contributed by atoms with E-state index < -0.39 is 0 Å². The van der Waals surface area contributed by atoms with Crippen LogP contribution in [0.1, 0.15) is 5.56 Å². The maximum absolute atomic E-state index is 12.5. The van der Waals surface area contributed by atoms with Gasteiger partial charge in [-0.1, -0.05) is 71.9 Å². The summed E-state index contributed by atoms with van der Waals surface area (Å²) in [6.45, 7) is 2.01. The first-order valence-electron chi connectivity index (χ1n) is 9.88. The monoisotopic (exact) mass is 425 g/mol. The van der Waals surface area contributed by atoms with Gasteiger partial charge in [0.1, 0.15) is 5.03 Å². The highest BCUT2D eigenvalue weighted by Gasteiger charge is 2.17. The van der Waals surface area contributed by atoms with Crippen LogP contribution in [-0.2, 0) is 4.79 Å². The van der Waals surface area contributed by atoms with E-state index in [4.69, 9.17) is 4.98 Å². The molecule has 0 spiro atoms. The van der Waals surface area contributed by atoms with E-state index >= 15 is 0 Å². The summed E-state index contributed by atoms with van der Waals surface area (Å²) >= 11 is 1.36. The maximum atomic E-state index is 12.5. The number of fused-ring (bicyclic) bond motifs is 3. The van der Waals surface area contributed by atoms with Crippen molar-refractivity contribution in [1.82, 2.24) is 19.6 Å². The number of carbonyl (C=O) groups is 1. The number of aromatic nitrogens is 4. The number of aryl methyl sites for hydroxylation is 1. The number of para-hydroxylation sites is 2. The second kappa shape index (κ2) is 8.20. The summed E-state index contributed by atoms with van der Waals surface area (Å²) in [5.41, 5.74) is 5.30. The van der Waals surface area contributed by atoms with Gasteiger partial charge >= 0.3 is 0 Å². The van der Waals surface area contributed by atoms with Crippen LogP contribution in [0.25, 0.3) is 28.1 Å². The second-order valence-corrected chi connectivity index (χ2v) is 8.12. The third kappa shape index (κ3) is 3.87. The summed E-state index contributed by atoms with van der Waals surface area (Å²) in [6, 6.07) is 25.6. The topological polar surface area (TPSA) is 72.2 Å². The Morgan fingerprint density at radius 2 is 1.68 bits per heavy atom. The van der Waals surface area contributed by atoms with Crippen molar-refractivity contribution < 1.29 is 4.79 Å². The van der Waals surface area contributed by atoms with E-state index in [2.05, 4.69) is 15.5 Å². The van der Waals surface area contributed by atoms with Crippen LogP contribution in [0.15, 0.2) is 83.9 Å². The SMILES string of the molecule is Cc1ccc(NC(=O)CSc2nc3ccccc3n3c(-c4ccccc4)nnc23)cc1. The molecule has 0 aliphatic carbocycles. The molecule has 152 valence electrons. The molecule has 0 bridgehead atoms. The van der Waals surface area contributed by atoms with E-state index in [1.807, 2.05) is 90.2 Å². The molecule has 0 aliphatic heterocycles. The van der Waals surface area contributed by atoms with E-state index in [-0.39, 0.29) is 11.7 Å².